The van der Waals surface area contributed by atoms with Gasteiger partial charge in [0.2, 0.25) is 5.91 Å². The summed E-state index contributed by atoms with van der Waals surface area (Å²) in [5, 5.41) is 6.02. The molecule has 1 aliphatic rings. The van der Waals surface area contributed by atoms with Gasteiger partial charge in [0, 0.05) is 11.7 Å². The summed E-state index contributed by atoms with van der Waals surface area (Å²) in [5.41, 5.74) is 0.627. The molecule has 0 bridgehead atoms. The fourth-order valence-electron chi connectivity index (χ4n) is 2.62. The Kier molecular flexibility index (Phi) is 4.91. The van der Waals surface area contributed by atoms with Gasteiger partial charge in [-0.2, -0.15) is 0 Å². The van der Waals surface area contributed by atoms with E-state index < -0.39 is 0 Å². The van der Waals surface area contributed by atoms with Crippen LogP contribution in [0, 0.1) is 11.7 Å². The van der Waals surface area contributed by atoms with Crippen molar-refractivity contribution in [3.05, 3.63) is 30.1 Å². The summed E-state index contributed by atoms with van der Waals surface area (Å²) in [7, 11) is 0. The topological polar surface area (TPSA) is 41.1 Å². The third-order valence-corrected chi connectivity index (χ3v) is 3.82. The SMILES string of the molecule is CC(NCC(=O)Nc1ccc(F)cc1)C1CCCC1. The van der Waals surface area contributed by atoms with Crippen LogP contribution in [0.15, 0.2) is 24.3 Å². The third-order valence-electron chi connectivity index (χ3n) is 3.82. The molecular weight excluding hydrogens is 243 g/mol. The van der Waals surface area contributed by atoms with Gasteiger partial charge in [-0.15, -0.1) is 0 Å². The first-order valence-electron chi connectivity index (χ1n) is 6.94. The lowest BCUT2D eigenvalue weighted by atomic mass is 10.00. The number of rotatable bonds is 5. The molecule has 3 nitrogen and oxygen atoms in total. The summed E-state index contributed by atoms with van der Waals surface area (Å²) >= 11 is 0. The molecule has 1 unspecified atom stereocenters. The molecule has 0 spiro atoms. The molecule has 0 aliphatic heterocycles. The Hall–Kier alpha value is -1.42. The number of amides is 1. The molecular formula is C15H21FN2O. The molecule has 1 aliphatic carbocycles. The Morgan fingerprint density at radius 1 is 1.32 bits per heavy atom. The molecule has 0 heterocycles. The molecule has 0 saturated heterocycles. The van der Waals surface area contributed by atoms with Gasteiger partial charge in [-0.25, -0.2) is 4.39 Å². The first kappa shape index (κ1) is 14.0. The summed E-state index contributed by atoms with van der Waals surface area (Å²) < 4.78 is 12.7. The maximum absolute atomic E-state index is 12.7. The fourth-order valence-corrected chi connectivity index (χ4v) is 2.62. The van der Waals surface area contributed by atoms with Crippen LogP contribution >= 0.6 is 0 Å². The van der Waals surface area contributed by atoms with E-state index in [0.29, 0.717) is 24.2 Å². The Morgan fingerprint density at radius 3 is 2.58 bits per heavy atom. The number of hydrogen-bond acceptors (Lipinski definition) is 2. The molecule has 0 aromatic heterocycles. The number of nitrogens with one attached hydrogen (secondary N) is 2. The number of hydrogen-bond donors (Lipinski definition) is 2. The van der Waals surface area contributed by atoms with Crippen LogP contribution in [0.25, 0.3) is 0 Å². The minimum Gasteiger partial charge on any atom is -0.325 e. The van der Waals surface area contributed by atoms with Crippen LogP contribution in [0.3, 0.4) is 0 Å². The van der Waals surface area contributed by atoms with Gasteiger partial charge in [0.25, 0.3) is 0 Å². The minimum absolute atomic E-state index is 0.0866. The summed E-state index contributed by atoms with van der Waals surface area (Å²) in [5.74, 6) is 0.307. The van der Waals surface area contributed by atoms with E-state index in [1.807, 2.05) is 0 Å². The maximum Gasteiger partial charge on any atom is 0.238 e. The van der Waals surface area contributed by atoms with Gasteiger partial charge in [-0.05, 0) is 49.9 Å². The second-order valence-electron chi connectivity index (χ2n) is 5.27. The highest BCUT2D eigenvalue weighted by molar-refractivity contribution is 5.92. The lowest BCUT2D eigenvalue weighted by Crippen LogP contribution is -2.38. The molecule has 1 amide bonds. The average molecular weight is 264 g/mol. The van der Waals surface area contributed by atoms with Gasteiger partial charge >= 0.3 is 0 Å². The molecule has 1 aromatic rings. The van der Waals surface area contributed by atoms with Gasteiger partial charge in [0.1, 0.15) is 5.82 Å². The largest absolute Gasteiger partial charge is 0.325 e. The van der Waals surface area contributed by atoms with Gasteiger partial charge in [-0.1, -0.05) is 12.8 Å². The molecule has 2 rings (SSSR count). The Bertz CT molecular complexity index is 413. The van der Waals surface area contributed by atoms with Crippen LogP contribution in [0.4, 0.5) is 10.1 Å². The van der Waals surface area contributed by atoms with Crippen molar-refractivity contribution in [1.82, 2.24) is 5.32 Å². The van der Waals surface area contributed by atoms with E-state index in [2.05, 4.69) is 17.6 Å². The summed E-state index contributed by atoms with van der Waals surface area (Å²) in [6, 6.07) is 6.18. The Balaban J connectivity index is 1.73. The molecule has 2 N–H and O–H groups in total. The molecule has 1 fully saturated rings. The van der Waals surface area contributed by atoms with Crippen molar-refractivity contribution in [3.63, 3.8) is 0 Å². The van der Waals surface area contributed by atoms with Gasteiger partial charge in [-0.3, -0.25) is 4.79 Å². The Morgan fingerprint density at radius 2 is 1.95 bits per heavy atom. The highest BCUT2D eigenvalue weighted by Gasteiger charge is 2.21. The monoisotopic (exact) mass is 264 g/mol. The van der Waals surface area contributed by atoms with E-state index in [1.54, 1.807) is 12.1 Å². The van der Waals surface area contributed by atoms with Gasteiger partial charge in [0.15, 0.2) is 0 Å². The number of halogens is 1. The number of carbonyl (C=O) groups excluding carboxylic acids is 1. The van der Waals surface area contributed by atoms with Crippen molar-refractivity contribution >= 4 is 11.6 Å². The van der Waals surface area contributed by atoms with Crippen molar-refractivity contribution in [3.8, 4) is 0 Å². The standard InChI is InChI=1S/C15H21FN2O/c1-11(12-4-2-3-5-12)17-10-15(19)18-14-8-6-13(16)7-9-14/h6-9,11-12,17H,2-5,10H2,1H3,(H,18,19). The van der Waals surface area contributed by atoms with Crippen LogP contribution in [0.1, 0.15) is 32.6 Å². The van der Waals surface area contributed by atoms with Crippen molar-refractivity contribution in [2.75, 3.05) is 11.9 Å². The van der Waals surface area contributed by atoms with E-state index >= 15 is 0 Å². The molecule has 104 valence electrons. The molecule has 19 heavy (non-hydrogen) atoms. The van der Waals surface area contributed by atoms with Gasteiger partial charge < -0.3 is 10.6 Å². The number of anilines is 1. The zero-order valence-corrected chi connectivity index (χ0v) is 11.3. The normalized spacial score (nSPS) is 17.4. The third kappa shape index (κ3) is 4.31. The molecule has 4 heteroatoms. The zero-order valence-electron chi connectivity index (χ0n) is 11.3. The Labute approximate surface area is 113 Å². The molecule has 1 atom stereocenters. The lowest BCUT2D eigenvalue weighted by molar-refractivity contribution is -0.115. The van der Waals surface area contributed by atoms with Crippen LogP contribution in [0.5, 0.6) is 0 Å². The van der Waals surface area contributed by atoms with Crippen molar-refractivity contribution in [1.29, 1.82) is 0 Å². The predicted octanol–water partition coefficient (Wildman–Crippen LogP) is 2.93. The smallest absolute Gasteiger partial charge is 0.238 e. The second-order valence-corrected chi connectivity index (χ2v) is 5.27. The quantitative estimate of drug-likeness (QED) is 0.858. The molecule has 1 saturated carbocycles. The van der Waals surface area contributed by atoms with Crippen molar-refractivity contribution in [2.24, 2.45) is 5.92 Å². The predicted molar refractivity (Wildman–Crippen MR) is 74.5 cm³/mol. The van der Waals surface area contributed by atoms with E-state index in [9.17, 15) is 9.18 Å². The first-order valence-corrected chi connectivity index (χ1v) is 6.94. The van der Waals surface area contributed by atoms with Crippen molar-refractivity contribution < 1.29 is 9.18 Å². The number of benzene rings is 1. The summed E-state index contributed by atoms with van der Waals surface area (Å²) in [4.78, 5) is 11.7. The average Bonchev–Trinajstić information content (AvgIpc) is 2.93. The molecule has 0 radical (unpaired) electrons. The second kappa shape index (κ2) is 6.66. The van der Waals surface area contributed by atoms with E-state index in [0.717, 1.165) is 0 Å². The van der Waals surface area contributed by atoms with Crippen LogP contribution < -0.4 is 10.6 Å². The van der Waals surface area contributed by atoms with Crippen LogP contribution in [0.2, 0.25) is 0 Å². The van der Waals surface area contributed by atoms with Crippen LogP contribution in [-0.4, -0.2) is 18.5 Å². The van der Waals surface area contributed by atoms with Crippen LogP contribution in [-0.2, 0) is 4.79 Å². The number of carbonyl (C=O) groups is 1. The highest BCUT2D eigenvalue weighted by Crippen LogP contribution is 2.27. The first-order chi connectivity index (χ1) is 9.15. The highest BCUT2D eigenvalue weighted by atomic mass is 19.1. The van der Waals surface area contributed by atoms with E-state index in [1.165, 1.54) is 37.8 Å². The van der Waals surface area contributed by atoms with Gasteiger partial charge in [0.05, 0.1) is 6.54 Å². The summed E-state index contributed by atoms with van der Waals surface area (Å²) in [6.07, 6.45) is 5.12. The zero-order chi connectivity index (χ0) is 13.7. The maximum atomic E-state index is 12.7. The minimum atomic E-state index is -0.300. The van der Waals surface area contributed by atoms with Crippen molar-refractivity contribution in [2.45, 2.75) is 38.6 Å². The summed E-state index contributed by atoms with van der Waals surface area (Å²) in [6.45, 7) is 2.44. The lowest BCUT2D eigenvalue weighted by Gasteiger charge is -2.20. The van der Waals surface area contributed by atoms with E-state index in [4.69, 9.17) is 0 Å². The van der Waals surface area contributed by atoms with E-state index in [-0.39, 0.29) is 11.7 Å². The molecule has 1 aromatic carbocycles. The fraction of sp³-hybridized carbons (Fsp3) is 0.533.